The van der Waals surface area contributed by atoms with Crippen LogP contribution in [-0.2, 0) is 9.59 Å². The van der Waals surface area contributed by atoms with E-state index in [9.17, 15) is 14.7 Å². The predicted molar refractivity (Wildman–Crippen MR) is 79.3 cm³/mol. The Hall–Kier alpha value is -2.44. The number of rotatable bonds is 6. The van der Waals surface area contributed by atoms with E-state index in [1.165, 1.54) is 26.2 Å². The number of likely N-dealkylation sites (tertiary alicyclic amines) is 1. The van der Waals surface area contributed by atoms with E-state index in [0.717, 1.165) is 0 Å². The molecule has 0 unspecified atom stereocenters. The second-order valence-electron chi connectivity index (χ2n) is 5.21. The topological polar surface area (TPSA) is 88.1 Å². The standard InChI is InChI=1S/C16H21NO6/c1-5-17-13(18)8-10(16(19)20)14(17)9-6-11(21-2)15(23-4)12(7-9)22-3/h6-7,10,14H,5,8H2,1-4H3,(H,19,20)/p-1/t10-,14+/m1/s1. The highest BCUT2D eigenvalue weighted by Gasteiger charge is 2.41. The summed E-state index contributed by atoms with van der Waals surface area (Å²) in [5, 5.41) is 11.4. The van der Waals surface area contributed by atoms with Gasteiger partial charge >= 0.3 is 0 Å². The average molecular weight is 322 g/mol. The van der Waals surface area contributed by atoms with Gasteiger partial charge in [-0.1, -0.05) is 0 Å². The summed E-state index contributed by atoms with van der Waals surface area (Å²) in [6.45, 7) is 2.21. The molecule has 1 aromatic carbocycles. The number of carbonyl (C=O) groups excluding carboxylic acids is 2. The molecule has 0 N–H and O–H groups in total. The molecule has 7 nitrogen and oxygen atoms in total. The lowest BCUT2D eigenvalue weighted by Gasteiger charge is -2.29. The molecule has 1 saturated heterocycles. The molecule has 2 rings (SSSR count). The van der Waals surface area contributed by atoms with Crippen molar-refractivity contribution < 1.29 is 28.9 Å². The molecule has 0 aromatic heterocycles. The molecular formula is C16H20NO6-. The molecule has 0 aliphatic carbocycles. The van der Waals surface area contributed by atoms with E-state index in [1.807, 2.05) is 0 Å². The second-order valence-corrected chi connectivity index (χ2v) is 5.21. The van der Waals surface area contributed by atoms with Crippen molar-refractivity contribution >= 4 is 11.9 Å². The largest absolute Gasteiger partial charge is 0.550 e. The summed E-state index contributed by atoms with van der Waals surface area (Å²) in [7, 11) is 4.45. The molecule has 1 amide bonds. The molecule has 2 atom stereocenters. The minimum atomic E-state index is -1.24. The van der Waals surface area contributed by atoms with Crippen molar-refractivity contribution in [3.63, 3.8) is 0 Å². The Bertz CT molecular complexity index is 590. The molecule has 7 heteroatoms. The minimum absolute atomic E-state index is 0.0719. The van der Waals surface area contributed by atoms with Gasteiger partial charge in [-0.15, -0.1) is 0 Å². The maximum atomic E-state index is 12.1. The zero-order valence-corrected chi connectivity index (χ0v) is 13.6. The summed E-state index contributed by atoms with van der Waals surface area (Å²) >= 11 is 0. The predicted octanol–water partition coefficient (Wildman–Crippen LogP) is 0.372. The van der Waals surface area contributed by atoms with Gasteiger partial charge < -0.3 is 29.0 Å². The van der Waals surface area contributed by atoms with Crippen LogP contribution in [0.3, 0.4) is 0 Å². The Labute approximate surface area is 134 Å². The normalized spacial score (nSPS) is 20.5. The summed E-state index contributed by atoms with van der Waals surface area (Å²) < 4.78 is 15.9. The number of carboxylic acid groups (broad SMARTS) is 1. The Morgan fingerprint density at radius 1 is 1.22 bits per heavy atom. The third kappa shape index (κ3) is 2.91. The highest BCUT2D eigenvalue weighted by Crippen LogP contribution is 2.44. The van der Waals surface area contributed by atoms with E-state index < -0.39 is 17.9 Å². The number of hydrogen-bond acceptors (Lipinski definition) is 6. The molecule has 0 saturated carbocycles. The van der Waals surface area contributed by atoms with Gasteiger partial charge in [-0.2, -0.15) is 0 Å². The van der Waals surface area contributed by atoms with Crippen molar-refractivity contribution in [1.29, 1.82) is 0 Å². The third-order valence-electron chi connectivity index (χ3n) is 4.10. The number of methoxy groups -OCH3 is 3. The zero-order chi connectivity index (χ0) is 17.1. The van der Waals surface area contributed by atoms with Crippen molar-refractivity contribution in [2.45, 2.75) is 19.4 Å². The van der Waals surface area contributed by atoms with Crippen LogP contribution >= 0.6 is 0 Å². The number of ether oxygens (including phenoxy) is 3. The average Bonchev–Trinajstić information content (AvgIpc) is 2.89. The van der Waals surface area contributed by atoms with Crippen LogP contribution in [0.4, 0.5) is 0 Å². The van der Waals surface area contributed by atoms with Crippen LogP contribution in [0.5, 0.6) is 17.2 Å². The summed E-state index contributed by atoms with van der Waals surface area (Å²) in [5.74, 6) is -1.13. The van der Waals surface area contributed by atoms with Crippen molar-refractivity contribution in [2.24, 2.45) is 5.92 Å². The second kappa shape index (κ2) is 6.76. The van der Waals surface area contributed by atoms with Gasteiger partial charge in [-0.05, 0) is 24.6 Å². The number of aliphatic carboxylic acids is 1. The van der Waals surface area contributed by atoms with Crippen molar-refractivity contribution in [3.8, 4) is 17.2 Å². The number of hydrogen-bond donors (Lipinski definition) is 0. The Kier molecular flexibility index (Phi) is 4.98. The lowest BCUT2D eigenvalue weighted by Crippen LogP contribution is -2.36. The fraction of sp³-hybridized carbons (Fsp3) is 0.500. The van der Waals surface area contributed by atoms with E-state index in [4.69, 9.17) is 14.2 Å². The maximum Gasteiger partial charge on any atom is 0.223 e. The smallest absolute Gasteiger partial charge is 0.223 e. The van der Waals surface area contributed by atoms with Crippen molar-refractivity contribution in [1.82, 2.24) is 4.90 Å². The van der Waals surface area contributed by atoms with Gasteiger partial charge in [-0.3, -0.25) is 4.79 Å². The van der Waals surface area contributed by atoms with E-state index in [0.29, 0.717) is 29.4 Å². The van der Waals surface area contributed by atoms with Gasteiger partial charge in [0.05, 0.1) is 27.4 Å². The molecule has 1 fully saturated rings. The first-order valence-corrected chi connectivity index (χ1v) is 7.28. The van der Waals surface area contributed by atoms with E-state index in [-0.39, 0.29) is 12.3 Å². The molecule has 126 valence electrons. The first kappa shape index (κ1) is 16.9. The SMILES string of the molecule is CCN1C(=O)C[C@@H](C(=O)[O-])[C@@H]1c1cc(OC)c(OC)c(OC)c1. The number of nitrogens with zero attached hydrogens (tertiary/aromatic N) is 1. The van der Waals surface area contributed by atoms with Crippen LogP contribution in [0.25, 0.3) is 0 Å². The molecule has 0 bridgehead atoms. The lowest BCUT2D eigenvalue weighted by atomic mass is 9.93. The molecule has 1 aromatic rings. The van der Waals surface area contributed by atoms with Crippen LogP contribution in [0.15, 0.2) is 12.1 Å². The van der Waals surface area contributed by atoms with Gasteiger partial charge in [0.25, 0.3) is 0 Å². The van der Waals surface area contributed by atoms with Gasteiger partial charge in [0, 0.05) is 24.9 Å². The number of carboxylic acids is 1. The monoisotopic (exact) mass is 322 g/mol. The molecule has 1 aliphatic heterocycles. The van der Waals surface area contributed by atoms with Gasteiger partial charge in [0.15, 0.2) is 11.5 Å². The molecule has 0 spiro atoms. The summed E-state index contributed by atoms with van der Waals surface area (Å²) in [6.07, 6.45) is -0.0719. The summed E-state index contributed by atoms with van der Waals surface area (Å²) in [4.78, 5) is 25.1. The van der Waals surface area contributed by atoms with E-state index in [2.05, 4.69) is 0 Å². The van der Waals surface area contributed by atoms with Crippen LogP contribution in [-0.4, -0.2) is 44.7 Å². The van der Waals surface area contributed by atoms with Crippen LogP contribution in [0.2, 0.25) is 0 Å². The van der Waals surface area contributed by atoms with E-state index >= 15 is 0 Å². The Morgan fingerprint density at radius 3 is 2.17 bits per heavy atom. The first-order chi connectivity index (χ1) is 11.0. The van der Waals surface area contributed by atoms with Crippen molar-refractivity contribution in [3.05, 3.63) is 17.7 Å². The number of carbonyl (C=O) groups is 2. The Morgan fingerprint density at radius 2 is 1.78 bits per heavy atom. The minimum Gasteiger partial charge on any atom is -0.550 e. The first-order valence-electron chi connectivity index (χ1n) is 7.28. The molecule has 0 radical (unpaired) electrons. The highest BCUT2D eigenvalue weighted by atomic mass is 16.5. The summed E-state index contributed by atoms with van der Waals surface area (Å²) in [5.41, 5.74) is 0.612. The molecule has 1 aliphatic rings. The third-order valence-corrected chi connectivity index (χ3v) is 4.10. The summed E-state index contributed by atoms with van der Waals surface area (Å²) in [6, 6.07) is 2.72. The van der Waals surface area contributed by atoms with Crippen LogP contribution in [0.1, 0.15) is 24.9 Å². The van der Waals surface area contributed by atoms with Gasteiger partial charge in [0.1, 0.15) is 0 Å². The van der Waals surface area contributed by atoms with Crippen molar-refractivity contribution in [2.75, 3.05) is 27.9 Å². The van der Waals surface area contributed by atoms with E-state index in [1.54, 1.807) is 19.1 Å². The van der Waals surface area contributed by atoms with Crippen LogP contribution < -0.4 is 19.3 Å². The fourth-order valence-electron chi connectivity index (χ4n) is 3.06. The molecule has 23 heavy (non-hydrogen) atoms. The molecule has 1 heterocycles. The quantitative estimate of drug-likeness (QED) is 0.752. The Balaban J connectivity index is 2.57. The van der Waals surface area contributed by atoms with Gasteiger partial charge in [0.2, 0.25) is 11.7 Å². The van der Waals surface area contributed by atoms with Crippen LogP contribution in [0, 0.1) is 5.92 Å². The number of amides is 1. The van der Waals surface area contributed by atoms with Gasteiger partial charge in [-0.25, -0.2) is 0 Å². The maximum absolute atomic E-state index is 12.1. The number of benzene rings is 1. The fourth-order valence-corrected chi connectivity index (χ4v) is 3.06. The lowest BCUT2D eigenvalue weighted by molar-refractivity contribution is -0.312. The zero-order valence-electron chi connectivity index (χ0n) is 13.6. The highest BCUT2D eigenvalue weighted by molar-refractivity contribution is 5.86. The molecular weight excluding hydrogens is 302 g/mol.